The third-order valence-corrected chi connectivity index (χ3v) is 4.74. The van der Waals surface area contributed by atoms with E-state index in [0.717, 1.165) is 17.7 Å². The van der Waals surface area contributed by atoms with Gasteiger partial charge in [0.25, 0.3) is 5.91 Å². The van der Waals surface area contributed by atoms with E-state index in [1.54, 1.807) is 5.51 Å². The molecular weight excluding hydrogens is 308 g/mol. The van der Waals surface area contributed by atoms with Gasteiger partial charge in [0, 0.05) is 11.6 Å². The topological polar surface area (TPSA) is 51.2 Å². The molecule has 0 bridgehead atoms. The van der Waals surface area contributed by atoms with Gasteiger partial charge in [-0.2, -0.15) is 0 Å². The molecule has 0 aliphatic carbocycles. The number of carbonyl (C=O) groups excluding carboxylic acids is 1. The molecule has 3 rings (SSSR count). The van der Waals surface area contributed by atoms with Gasteiger partial charge in [0.05, 0.1) is 17.2 Å². The van der Waals surface area contributed by atoms with E-state index >= 15 is 0 Å². The molecule has 2 atom stereocenters. The first-order valence-electron chi connectivity index (χ1n) is 6.73. The quantitative estimate of drug-likeness (QED) is 0.942. The van der Waals surface area contributed by atoms with Gasteiger partial charge in [0.1, 0.15) is 11.0 Å². The van der Waals surface area contributed by atoms with Crippen LogP contribution in [0.15, 0.2) is 29.8 Å². The van der Waals surface area contributed by atoms with E-state index < -0.39 is 0 Å². The first-order chi connectivity index (χ1) is 10.1. The van der Waals surface area contributed by atoms with Crippen LogP contribution in [0.3, 0.4) is 0 Å². The summed E-state index contributed by atoms with van der Waals surface area (Å²) in [7, 11) is 0. The number of hydrogen-bond acceptors (Lipinski definition) is 4. The predicted molar refractivity (Wildman–Crippen MR) is 82.9 cm³/mol. The van der Waals surface area contributed by atoms with Gasteiger partial charge in [-0.1, -0.05) is 23.7 Å². The van der Waals surface area contributed by atoms with Crippen LogP contribution >= 0.6 is 22.9 Å². The van der Waals surface area contributed by atoms with Crippen molar-refractivity contribution in [2.45, 2.75) is 25.5 Å². The number of aromatic nitrogens is 1. The minimum absolute atomic E-state index is 0.0276. The standard InChI is InChI=1S/C15H15ClN2O2S/c1-9-14(21-8-17-9)15(19)18-12-6-7-20-13(12)10-2-4-11(16)5-3-10/h2-5,8,12-13H,6-7H2,1H3,(H,18,19)/t12-,13+/m0/s1. The minimum atomic E-state index is -0.126. The van der Waals surface area contributed by atoms with E-state index in [-0.39, 0.29) is 18.1 Å². The molecule has 0 spiro atoms. The summed E-state index contributed by atoms with van der Waals surface area (Å²) < 4.78 is 5.77. The minimum Gasteiger partial charge on any atom is -0.371 e. The molecular formula is C15H15ClN2O2S. The Hall–Kier alpha value is -1.43. The Morgan fingerprint density at radius 2 is 2.19 bits per heavy atom. The van der Waals surface area contributed by atoms with Crippen LogP contribution in [0.2, 0.25) is 5.02 Å². The molecule has 1 fully saturated rings. The van der Waals surface area contributed by atoms with Crippen LogP contribution < -0.4 is 5.32 Å². The molecule has 4 nitrogen and oxygen atoms in total. The zero-order valence-corrected chi connectivity index (χ0v) is 13.1. The highest BCUT2D eigenvalue weighted by Crippen LogP contribution is 2.30. The van der Waals surface area contributed by atoms with Gasteiger partial charge in [0.2, 0.25) is 0 Å². The number of aryl methyl sites for hydroxylation is 1. The molecule has 0 saturated carbocycles. The number of amides is 1. The highest BCUT2D eigenvalue weighted by atomic mass is 35.5. The maximum atomic E-state index is 12.3. The van der Waals surface area contributed by atoms with Crippen molar-refractivity contribution in [1.82, 2.24) is 10.3 Å². The molecule has 110 valence electrons. The van der Waals surface area contributed by atoms with Crippen molar-refractivity contribution in [2.75, 3.05) is 6.61 Å². The Morgan fingerprint density at radius 1 is 1.43 bits per heavy atom. The molecule has 1 amide bonds. The van der Waals surface area contributed by atoms with Gasteiger partial charge < -0.3 is 10.1 Å². The van der Waals surface area contributed by atoms with Gasteiger partial charge in [-0.05, 0) is 31.0 Å². The van der Waals surface area contributed by atoms with Crippen LogP contribution in [0.25, 0.3) is 0 Å². The summed E-state index contributed by atoms with van der Waals surface area (Å²) >= 11 is 7.27. The molecule has 2 aromatic rings. The lowest BCUT2D eigenvalue weighted by atomic mass is 10.0. The van der Waals surface area contributed by atoms with Crippen LogP contribution in [0, 0.1) is 6.92 Å². The van der Waals surface area contributed by atoms with Gasteiger partial charge in [-0.3, -0.25) is 4.79 Å². The van der Waals surface area contributed by atoms with Gasteiger partial charge >= 0.3 is 0 Å². The van der Waals surface area contributed by atoms with Crippen LogP contribution in [0.1, 0.15) is 33.5 Å². The van der Waals surface area contributed by atoms with Crippen LogP contribution in [-0.2, 0) is 4.74 Å². The molecule has 1 saturated heterocycles. The number of rotatable bonds is 3. The third-order valence-electron chi connectivity index (χ3n) is 3.56. The van der Waals surface area contributed by atoms with E-state index in [1.165, 1.54) is 11.3 Å². The van der Waals surface area contributed by atoms with Crippen molar-refractivity contribution in [3.8, 4) is 0 Å². The first-order valence-corrected chi connectivity index (χ1v) is 7.99. The second-order valence-corrected chi connectivity index (χ2v) is 6.27. The number of benzene rings is 1. The second kappa shape index (κ2) is 6.13. The molecule has 1 aliphatic heterocycles. The van der Waals surface area contributed by atoms with Crippen molar-refractivity contribution in [1.29, 1.82) is 0 Å². The van der Waals surface area contributed by atoms with Crippen molar-refractivity contribution in [3.63, 3.8) is 0 Å². The molecule has 21 heavy (non-hydrogen) atoms. The third kappa shape index (κ3) is 3.10. The van der Waals surface area contributed by atoms with Crippen molar-refractivity contribution >= 4 is 28.8 Å². The summed E-state index contributed by atoms with van der Waals surface area (Å²) in [6, 6.07) is 7.53. The van der Waals surface area contributed by atoms with Crippen molar-refractivity contribution in [2.24, 2.45) is 0 Å². The number of nitrogens with one attached hydrogen (secondary N) is 1. The zero-order valence-electron chi connectivity index (χ0n) is 11.5. The number of nitrogens with zero attached hydrogens (tertiary/aromatic N) is 1. The number of ether oxygens (including phenoxy) is 1. The summed E-state index contributed by atoms with van der Waals surface area (Å²) in [6.45, 7) is 2.48. The zero-order chi connectivity index (χ0) is 14.8. The molecule has 6 heteroatoms. The fourth-order valence-corrected chi connectivity index (χ4v) is 3.30. The van der Waals surface area contributed by atoms with Gasteiger partial charge in [-0.15, -0.1) is 11.3 Å². The molecule has 1 aromatic carbocycles. The average molecular weight is 323 g/mol. The molecule has 0 radical (unpaired) electrons. The Labute approximate surface area is 132 Å². The smallest absolute Gasteiger partial charge is 0.263 e. The predicted octanol–water partition coefficient (Wildman–Crippen LogP) is 3.36. The first kappa shape index (κ1) is 14.5. The molecule has 1 aromatic heterocycles. The number of carbonyl (C=O) groups is 1. The van der Waals surface area contributed by atoms with E-state index in [1.807, 2.05) is 31.2 Å². The van der Waals surface area contributed by atoms with Crippen molar-refractivity contribution < 1.29 is 9.53 Å². The summed E-state index contributed by atoms with van der Waals surface area (Å²) in [5.74, 6) is -0.0792. The molecule has 2 heterocycles. The number of halogens is 1. The van der Waals surface area contributed by atoms with Gasteiger partial charge in [-0.25, -0.2) is 4.98 Å². The van der Waals surface area contributed by atoms with E-state index in [2.05, 4.69) is 10.3 Å². The average Bonchev–Trinajstić information content (AvgIpc) is 3.09. The Bertz CT molecular complexity index is 641. The Balaban J connectivity index is 1.74. The lowest BCUT2D eigenvalue weighted by Crippen LogP contribution is -2.36. The molecule has 1 N–H and O–H groups in total. The van der Waals surface area contributed by atoms with Crippen LogP contribution in [0.4, 0.5) is 0 Å². The number of thiazole rings is 1. The summed E-state index contributed by atoms with van der Waals surface area (Å²) in [5.41, 5.74) is 3.48. The van der Waals surface area contributed by atoms with Crippen LogP contribution in [-0.4, -0.2) is 23.5 Å². The fraction of sp³-hybridized carbons (Fsp3) is 0.333. The normalized spacial score (nSPS) is 21.4. The van der Waals surface area contributed by atoms with Gasteiger partial charge in [0.15, 0.2) is 0 Å². The monoisotopic (exact) mass is 322 g/mol. The number of hydrogen-bond donors (Lipinski definition) is 1. The maximum absolute atomic E-state index is 12.3. The fourth-order valence-electron chi connectivity index (χ4n) is 2.47. The van der Waals surface area contributed by atoms with Crippen LogP contribution in [0.5, 0.6) is 0 Å². The summed E-state index contributed by atoms with van der Waals surface area (Å²) in [5, 5.41) is 3.75. The summed E-state index contributed by atoms with van der Waals surface area (Å²) in [4.78, 5) is 17.1. The molecule has 1 aliphatic rings. The highest BCUT2D eigenvalue weighted by molar-refractivity contribution is 7.11. The Kier molecular flexibility index (Phi) is 4.24. The molecule has 0 unspecified atom stereocenters. The SMILES string of the molecule is Cc1ncsc1C(=O)N[C@H]1CCO[C@@H]1c1ccc(Cl)cc1. The lowest BCUT2D eigenvalue weighted by molar-refractivity contribution is 0.0824. The largest absolute Gasteiger partial charge is 0.371 e. The summed E-state index contributed by atoms with van der Waals surface area (Å²) in [6.07, 6.45) is 0.677. The lowest BCUT2D eigenvalue weighted by Gasteiger charge is -2.20. The Morgan fingerprint density at radius 3 is 2.86 bits per heavy atom. The highest BCUT2D eigenvalue weighted by Gasteiger charge is 2.31. The van der Waals surface area contributed by atoms with Crippen molar-refractivity contribution in [3.05, 3.63) is 50.9 Å². The second-order valence-electron chi connectivity index (χ2n) is 4.98. The van der Waals surface area contributed by atoms with E-state index in [4.69, 9.17) is 16.3 Å². The maximum Gasteiger partial charge on any atom is 0.263 e. The van der Waals surface area contributed by atoms with E-state index in [9.17, 15) is 4.79 Å². The van der Waals surface area contributed by atoms with E-state index in [0.29, 0.717) is 16.5 Å².